The van der Waals surface area contributed by atoms with Crippen LogP contribution in [0.5, 0.6) is 17.2 Å². The van der Waals surface area contributed by atoms with E-state index in [1.807, 2.05) is 19.1 Å². The van der Waals surface area contributed by atoms with Crippen molar-refractivity contribution in [1.29, 1.82) is 0 Å². The number of hydrogen-bond donors (Lipinski definition) is 2. The number of ether oxygens (including phenoxy) is 2. The standard InChI is InChI=1S/C19H17N5O4/c1-8-6-9(27-12-4-5-21-18-10(12)2-3-13(25)22-18)7-11-14-15(19(26)23-24-20)17(14)28-16(8)11/h4-7,14-15,17,19,26H,2-3H2,1H3,(H,21,22,25). The number of aliphatic hydroxyl groups is 1. The molecule has 3 aliphatic rings. The third-order valence-corrected chi connectivity index (χ3v) is 5.51. The van der Waals surface area contributed by atoms with Crippen LogP contribution in [0.2, 0.25) is 0 Å². The molecule has 3 heterocycles. The van der Waals surface area contributed by atoms with E-state index in [1.54, 1.807) is 12.3 Å². The van der Waals surface area contributed by atoms with Crippen molar-refractivity contribution in [2.75, 3.05) is 5.32 Å². The predicted molar refractivity (Wildman–Crippen MR) is 98.2 cm³/mol. The van der Waals surface area contributed by atoms with Crippen LogP contribution in [0.3, 0.4) is 0 Å². The maximum atomic E-state index is 11.6. The summed E-state index contributed by atoms with van der Waals surface area (Å²) in [4.78, 5) is 18.5. The average molecular weight is 379 g/mol. The number of carbonyl (C=O) groups excluding carboxylic acids is 1. The molecule has 0 bridgehead atoms. The Bertz CT molecular complexity index is 1050. The molecule has 1 amide bonds. The topological polar surface area (TPSA) is 129 Å². The third-order valence-electron chi connectivity index (χ3n) is 5.51. The molecule has 2 N–H and O–H groups in total. The second-order valence-electron chi connectivity index (χ2n) is 7.25. The van der Waals surface area contributed by atoms with Gasteiger partial charge in [0, 0.05) is 40.5 Å². The summed E-state index contributed by atoms with van der Waals surface area (Å²) in [5, 5.41) is 16.1. The quantitative estimate of drug-likeness (QED) is 0.479. The lowest BCUT2D eigenvalue weighted by Crippen LogP contribution is -2.20. The summed E-state index contributed by atoms with van der Waals surface area (Å²) < 4.78 is 12.1. The maximum absolute atomic E-state index is 11.6. The molecule has 28 heavy (non-hydrogen) atoms. The third kappa shape index (κ3) is 2.56. The highest BCUT2D eigenvalue weighted by Gasteiger charge is 2.62. The van der Waals surface area contributed by atoms with Crippen LogP contribution in [-0.4, -0.2) is 28.3 Å². The highest BCUT2D eigenvalue weighted by Crippen LogP contribution is 2.61. The molecular weight excluding hydrogens is 362 g/mol. The molecule has 4 atom stereocenters. The number of pyridine rings is 1. The van der Waals surface area contributed by atoms with Gasteiger partial charge in [-0.2, -0.15) is 0 Å². The summed E-state index contributed by atoms with van der Waals surface area (Å²) in [6, 6.07) is 5.59. The molecule has 0 spiro atoms. The number of amides is 1. The van der Waals surface area contributed by atoms with Gasteiger partial charge in [0.1, 0.15) is 35.4 Å². The van der Waals surface area contributed by atoms with Crippen LogP contribution >= 0.6 is 0 Å². The largest absolute Gasteiger partial charge is 0.489 e. The minimum absolute atomic E-state index is 0.0107. The van der Waals surface area contributed by atoms with E-state index in [0.717, 1.165) is 22.4 Å². The van der Waals surface area contributed by atoms with E-state index in [1.165, 1.54) is 0 Å². The highest BCUT2D eigenvalue weighted by molar-refractivity contribution is 5.93. The Labute approximate surface area is 159 Å². The van der Waals surface area contributed by atoms with Crippen LogP contribution in [0.1, 0.15) is 29.0 Å². The first-order valence-corrected chi connectivity index (χ1v) is 9.06. The molecule has 0 saturated heterocycles. The summed E-state index contributed by atoms with van der Waals surface area (Å²) in [5.41, 5.74) is 11.3. The molecule has 1 aromatic heterocycles. The molecule has 5 rings (SSSR count). The normalized spacial score (nSPS) is 24.6. The second-order valence-corrected chi connectivity index (χ2v) is 7.25. The molecule has 142 valence electrons. The number of carbonyl (C=O) groups is 1. The fourth-order valence-corrected chi connectivity index (χ4v) is 4.18. The molecule has 1 aliphatic carbocycles. The van der Waals surface area contributed by atoms with E-state index in [9.17, 15) is 9.90 Å². The number of rotatable bonds is 4. The van der Waals surface area contributed by atoms with Crippen LogP contribution in [0.15, 0.2) is 29.5 Å². The van der Waals surface area contributed by atoms with Gasteiger partial charge in [-0.15, -0.1) is 0 Å². The highest BCUT2D eigenvalue weighted by atomic mass is 16.5. The average Bonchev–Trinajstić information content (AvgIpc) is 3.26. The monoisotopic (exact) mass is 379 g/mol. The number of aromatic nitrogens is 1. The lowest BCUT2D eigenvalue weighted by Gasteiger charge is -2.19. The van der Waals surface area contributed by atoms with Crippen LogP contribution in [0.25, 0.3) is 10.4 Å². The summed E-state index contributed by atoms with van der Waals surface area (Å²) in [5.74, 6) is 2.35. The number of azide groups is 1. The van der Waals surface area contributed by atoms with Crippen LogP contribution in [0.4, 0.5) is 5.82 Å². The Balaban J connectivity index is 1.45. The Morgan fingerprint density at radius 2 is 2.32 bits per heavy atom. The van der Waals surface area contributed by atoms with Crippen molar-refractivity contribution >= 4 is 11.7 Å². The van der Waals surface area contributed by atoms with Gasteiger partial charge in [-0.05, 0) is 42.6 Å². The van der Waals surface area contributed by atoms with Crippen molar-refractivity contribution in [1.82, 2.24) is 4.98 Å². The van der Waals surface area contributed by atoms with Crippen molar-refractivity contribution in [2.24, 2.45) is 11.0 Å². The molecule has 1 fully saturated rings. The van der Waals surface area contributed by atoms with Crippen molar-refractivity contribution in [2.45, 2.75) is 38.0 Å². The van der Waals surface area contributed by atoms with Gasteiger partial charge in [0.2, 0.25) is 5.91 Å². The smallest absolute Gasteiger partial charge is 0.225 e. The van der Waals surface area contributed by atoms with Gasteiger partial charge in [-0.25, -0.2) is 4.98 Å². The first-order chi connectivity index (χ1) is 13.6. The fraction of sp³-hybridized carbons (Fsp3) is 0.368. The Morgan fingerprint density at radius 1 is 1.46 bits per heavy atom. The minimum Gasteiger partial charge on any atom is -0.489 e. The van der Waals surface area contributed by atoms with Crippen LogP contribution < -0.4 is 14.8 Å². The lowest BCUT2D eigenvalue weighted by molar-refractivity contribution is -0.116. The van der Waals surface area contributed by atoms with E-state index in [4.69, 9.17) is 15.0 Å². The lowest BCUT2D eigenvalue weighted by atomic mass is 10.0. The predicted octanol–water partition coefficient (Wildman–Crippen LogP) is 3.17. The minimum atomic E-state index is -1.10. The van der Waals surface area contributed by atoms with Crippen molar-refractivity contribution in [3.8, 4) is 17.2 Å². The number of anilines is 1. The summed E-state index contributed by atoms with van der Waals surface area (Å²) in [6.45, 7) is 1.94. The van der Waals surface area contributed by atoms with E-state index >= 15 is 0 Å². The van der Waals surface area contributed by atoms with Crippen molar-refractivity contribution < 1.29 is 19.4 Å². The Kier molecular flexibility index (Phi) is 3.68. The number of aryl methyl sites for hydroxylation is 1. The zero-order valence-corrected chi connectivity index (χ0v) is 15.0. The molecule has 9 heteroatoms. The number of hydrogen-bond acceptors (Lipinski definition) is 6. The number of nitrogens with one attached hydrogen (secondary N) is 1. The van der Waals surface area contributed by atoms with Gasteiger partial charge in [-0.1, -0.05) is 5.11 Å². The van der Waals surface area contributed by atoms with Crippen molar-refractivity contribution in [3.63, 3.8) is 0 Å². The second kappa shape index (κ2) is 6.12. The van der Waals surface area contributed by atoms with Gasteiger partial charge in [0.05, 0.1) is 0 Å². The van der Waals surface area contributed by atoms with Crippen LogP contribution in [0, 0.1) is 12.8 Å². The molecule has 1 saturated carbocycles. The van der Waals surface area contributed by atoms with Gasteiger partial charge >= 0.3 is 0 Å². The number of benzene rings is 1. The maximum Gasteiger partial charge on any atom is 0.225 e. The van der Waals surface area contributed by atoms with Crippen LogP contribution in [-0.2, 0) is 11.2 Å². The SMILES string of the molecule is Cc1cc(Oc2ccnc3c2CCC(=O)N3)cc2c1OC1C2C1C(O)N=[N+]=[N-]. The van der Waals surface area contributed by atoms with E-state index < -0.39 is 6.23 Å². The first kappa shape index (κ1) is 16.9. The molecule has 9 nitrogen and oxygen atoms in total. The number of aliphatic hydroxyl groups excluding tert-OH is 1. The van der Waals surface area contributed by atoms with E-state index in [0.29, 0.717) is 30.2 Å². The first-order valence-electron chi connectivity index (χ1n) is 9.06. The fourth-order valence-electron chi connectivity index (χ4n) is 4.18. The molecule has 4 unspecified atom stereocenters. The summed E-state index contributed by atoms with van der Waals surface area (Å²) >= 11 is 0. The number of nitrogens with zero attached hydrogens (tertiary/aromatic N) is 4. The zero-order chi connectivity index (χ0) is 19.4. The Hall–Kier alpha value is -3.29. The summed E-state index contributed by atoms with van der Waals surface area (Å²) in [6.07, 6.45) is 1.30. The molecule has 2 aliphatic heterocycles. The van der Waals surface area contributed by atoms with Gasteiger partial charge < -0.3 is 19.9 Å². The molecule has 2 aromatic rings. The Morgan fingerprint density at radius 3 is 3.14 bits per heavy atom. The van der Waals surface area contributed by atoms with E-state index in [-0.39, 0.29) is 23.8 Å². The number of fused-ring (bicyclic) bond motifs is 4. The molecule has 1 aromatic carbocycles. The zero-order valence-electron chi connectivity index (χ0n) is 15.0. The molecular formula is C19H17N5O4. The van der Waals surface area contributed by atoms with Crippen molar-refractivity contribution in [3.05, 3.63) is 51.5 Å². The van der Waals surface area contributed by atoms with Gasteiger partial charge in [0.25, 0.3) is 0 Å². The summed E-state index contributed by atoms with van der Waals surface area (Å²) in [7, 11) is 0. The van der Waals surface area contributed by atoms with E-state index in [2.05, 4.69) is 20.3 Å². The van der Waals surface area contributed by atoms with Gasteiger partial charge in [-0.3, -0.25) is 4.79 Å². The van der Waals surface area contributed by atoms with Gasteiger partial charge in [0.15, 0.2) is 0 Å². The molecule has 0 radical (unpaired) electrons.